The van der Waals surface area contributed by atoms with Crippen molar-refractivity contribution in [1.82, 2.24) is 9.97 Å². The first-order valence-electron chi connectivity index (χ1n) is 8.26. The number of hydrogen-bond donors (Lipinski definition) is 1. The minimum Gasteiger partial charge on any atom is -0.481 e. The zero-order chi connectivity index (χ0) is 17.2. The number of thioether (sulfide) groups is 1. The SMILES string of the molecule is CC(C)(C(=O)O)c1cnc(N2CCSCC2)nc1N1CCOCC1. The Bertz CT molecular complexity index is 599. The van der Waals surface area contributed by atoms with Crippen LogP contribution < -0.4 is 9.80 Å². The number of ether oxygens (including phenoxy) is 1. The second-order valence-corrected chi connectivity index (χ2v) is 7.76. The Kier molecular flexibility index (Phi) is 5.15. The second kappa shape index (κ2) is 7.14. The highest BCUT2D eigenvalue weighted by Gasteiger charge is 2.35. The molecule has 2 fully saturated rings. The third kappa shape index (κ3) is 3.44. The van der Waals surface area contributed by atoms with Gasteiger partial charge in [-0.05, 0) is 13.8 Å². The van der Waals surface area contributed by atoms with Gasteiger partial charge < -0.3 is 19.6 Å². The molecule has 1 N–H and O–H groups in total. The molecule has 132 valence electrons. The molecule has 0 atom stereocenters. The van der Waals surface area contributed by atoms with E-state index in [-0.39, 0.29) is 0 Å². The van der Waals surface area contributed by atoms with Crippen molar-refractivity contribution in [2.75, 3.05) is 60.7 Å². The standard InChI is InChI=1S/C16H24N4O3S/c1-16(2,14(21)22)12-11-17-15(20-5-9-24-10-6-20)18-13(12)19-3-7-23-8-4-19/h11H,3-10H2,1-2H3,(H,21,22). The quantitative estimate of drug-likeness (QED) is 0.867. The molecule has 8 heteroatoms. The van der Waals surface area contributed by atoms with E-state index in [1.807, 2.05) is 11.8 Å². The number of hydrogen-bond acceptors (Lipinski definition) is 7. The molecule has 1 aromatic heterocycles. The molecule has 0 amide bonds. The topological polar surface area (TPSA) is 78.8 Å². The van der Waals surface area contributed by atoms with E-state index in [0.29, 0.717) is 24.7 Å². The van der Waals surface area contributed by atoms with Gasteiger partial charge in [0.25, 0.3) is 0 Å². The van der Waals surface area contributed by atoms with Gasteiger partial charge in [-0.15, -0.1) is 0 Å². The summed E-state index contributed by atoms with van der Waals surface area (Å²) in [5, 5.41) is 9.62. The van der Waals surface area contributed by atoms with Gasteiger partial charge in [-0.3, -0.25) is 4.79 Å². The van der Waals surface area contributed by atoms with E-state index in [1.54, 1.807) is 20.0 Å². The number of rotatable bonds is 4. The molecule has 0 aliphatic carbocycles. The van der Waals surface area contributed by atoms with Crippen LogP contribution in [0.25, 0.3) is 0 Å². The molecule has 2 saturated heterocycles. The highest BCUT2D eigenvalue weighted by molar-refractivity contribution is 7.99. The molecular formula is C16H24N4O3S. The Morgan fingerprint density at radius 2 is 1.88 bits per heavy atom. The normalized spacial score (nSPS) is 19.4. The number of carbonyl (C=O) groups is 1. The van der Waals surface area contributed by atoms with Crippen LogP contribution in [0.15, 0.2) is 6.20 Å². The van der Waals surface area contributed by atoms with E-state index >= 15 is 0 Å². The van der Waals surface area contributed by atoms with Crippen LogP contribution in [0.4, 0.5) is 11.8 Å². The summed E-state index contributed by atoms with van der Waals surface area (Å²) in [6, 6.07) is 0. The maximum absolute atomic E-state index is 11.7. The summed E-state index contributed by atoms with van der Waals surface area (Å²) >= 11 is 1.94. The molecular weight excluding hydrogens is 328 g/mol. The summed E-state index contributed by atoms with van der Waals surface area (Å²) in [6.45, 7) is 7.96. The van der Waals surface area contributed by atoms with Gasteiger partial charge in [0.15, 0.2) is 0 Å². The summed E-state index contributed by atoms with van der Waals surface area (Å²) in [5.74, 6) is 2.69. The number of nitrogens with zero attached hydrogens (tertiary/aromatic N) is 4. The maximum Gasteiger partial charge on any atom is 0.313 e. The molecule has 0 bridgehead atoms. The highest BCUT2D eigenvalue weighted by atomic mass is 32.2. The van der Waals surface area contributed by atoms with Crippen LogP contribution in [-0.2, 0) is 14.9 Å². The molecule has 1 aromatic rings. The lowest BCUT2D eigenvalue weighted by atomic mass is 9.85. The first kappa shape index (κ1) is 17.3. The van der Waals surface area contributed by atoms with Gasteiger partial charge in [-0.25, -0.2) is 4.98 Å². The molecule has 3 rings (SSSR count). The summed E-state index contributed by atoms with van der Waals surface area (Å²) < 4.78 is 5.43. The van der Waals surface area contributed by atoms with Crippen LogP contribution in [0.5, 0.6) is 0 Å². The van der Waals surface area contributed by atoms with Gasteiger partial charge >= 0.3 is 5.97 Å². The van der Waals surface area contributed by atoms with Crippen molar-refractivity contribution in [3.05, 3.63) is 11.8 Å². The predicted octanol–water partition coefficient (Wildman–Crippen LogP) is 1.23. The predicted molar refractivity (Wildman–Crippen MR) is 95.3 cm³/mol. The summed E-state index contributed by atoms with van der Waals surface area (Å²) in [7, 11) is 0. The molecule has 24 heavy (non-hydrogen) atoms. The van der Waals surface area contributed by atoms with Crippen molar-refractivity contribution in [2.45, 2.75) is 19.3 Å². The van der Waals surface area contributed by atoms with E-state index in [9.17, 15) is 9.90 Å². The second-order valence-electron chi connectivity index (χ2n) is 6.54. The molecule has 0 radical (unpaired) electrons. The molecule has 0 spiro atoms. The summed E-state index contributed by atoms with van der Waals surface area (Å²) in [5.41, 5.74) is -0.378. The van der Waals surface area contributed by atoms with Crippen LogP contribution in [0.3, 0.4) is 0 Å². The third-order valence-corrected chi connectivity index (χ3v) is 5.51. The van der Waals surface area contributed by atoms with Crippen LogP contribution >= 0.6 is 11.8 Å². The van der Waals surface area contributed by atoms with Crippen molar-refractivity contribution < 1.29 is 14.6 Å². The van der Waals surface area contributed by atoms with Crippen molar-refractivity contribution in [3.63, 3.8) is 0 Å². The fourth-order valence-corrected chi connectivity index (χ4v) is 3.75. The van der Waals surface area contributed by atoms with Gasteiger partial charge in [0.2, 0.25) is 5.95 Å². The Balaban J connectivity index is 1.99. The van der Waals surface area contributed by atoms with Crippen LogP contribution in [0, 0.1) is 0 Å². The zero-order valence-corrected chi connectivity index (χ0v) is 15.0. The van der Waals surface area contributed by atoms with Gasteiger partial charge in [0, 0.05) is 49.4 Å². The number of aliphatic carboxylic acids is 1. The Morgan fingerprint density at radius 3 is 2.50 bits per heavy atom. The lowest BCUT2D eigenvalue weighted by molar-refractivity contribution is -0.142. The fraction of sp³-hybridized carbons (Fsp3) is 0.688. The van der Waals surface area contributed by atoms with Gasteiger partial charge in [-0.2, -0.15) is 16.7 Å². The van der Waals surface area contributed by atoms with E-state index in [4.69, 9.17) is 9.72 Å². The Morgan fingerprint density at radius 1 is 1.21 bits per heavy atom. The minimum atomic E-state index is -1.04. The molecule has 3 heterocycles. The number of carboxylic acid groups (broad SMARTS) is 1. The third-order valence-electron chi connectivity index (χ3n) is 4.57. The molecule has 7 nitrogen and oxygen atoms in total. The Hall–Kier alpha value is -1.54. The van der Waals surface area contributed by atoms with Crippen molar-refractivity contribution >= 4 is 29.5 Å². The van der Waals surface area contributed by atoms with E-state index in [1.165, 1.54) is 0 Å². The largest absolute Gasteiger partial charge is 0.481 e. The minimum absolute atomic E-state index is 0.632. The van der Waals surface area contributed by atoms with Gasteiger partial charge in [0.05, 0.1) is 18.6 Å². The smallest absolute Gasteiger partial charge is 0.313 e. The van der Waals surface area contributed by atoms with Crippen molar-refractivity contribution in [3.8, 4) is 0 Å². The first-order chi connectivity index (χ1) is 11.5. The zero-order valence-electron chi connectivity index (χ0n) is 14.2. The Labute approximate surface area is 146 Å². The molecule has 0 unspecified atom stereocenters. The summed E-state index contributed by atoms with van der Waals surface area (Å²) in [6.07, 6.45) is 1.70. The number of carboxylic acids is 1. The summed E-state index contributed by atoms with van der Waals surface area (Å²) in [4.78, 5) is 25.3. The molecule has 2 aliphatic heterocycles. The van der Waals surface area contributed by atoms with E-state index < -0.39 is 11.4 Å². The number of aromatic nitrogens is 2. The average molecular weight is 352 g/mol. The van der Waals surface area contributed by atoms with E-state index in [2.05, 4.69) is 14.8 Å². The lowest BCUT2D eigenvalue weighted by Crippen LogP contribution is -2.41. The maximum atomic E-state index is 11.7. The number of anilines is 2. The average Bonchev–Trinajstić information content (AvgIpc) is 2.62. The number of morpholine rings is 1. The van der Waals surface area contributed by atoms with Crippen LogP contribution in [0.2, 0.25) is 0 Å². The molecule has 2 aliphatic rings. The molecule has 0 saturated carbocycles. The van der Waals surface area contributed by atoms with Crippen LogP contribution in [-0.4, -0.2) is 71.9 Å². The van der Waals surface area contributed by atoms with Crippen LogP contribution in [0.1, 0.15) is 19.4 Å². The first-order valence-corrected chi connectivity index (χ1v) is 9.42. The van der Waals surface area contributed by atoms with Crippen molar-refractivity contribution in [2.24, 2.45) is 0 Å². The van der Waals surface area contributed by atoms with Gasteiger partial charge in [-0.1, -0.05) is 0 Å². The monoisotopic (exact) mass is 352 g/mol. The highest BCUT2D eigenvalue weighted by Crippen LogP contribution is 2.33. The van der Waals surface area contributed by atoms with Gasteiger partial charge in [0.1, 0.15) is 5.82 Å². The lowest BCUT2D eigenvalue weighted by Gasteiger charge is -2.34. The molecule has 0 aromatic carbocycles. The van der Waals surface area contributed by atoms with E-state index in [0.717, 1.165) is 43.5 Å². The fourth-order valence-electron chi connectivity index (χ4n) is 2.85. The van der Waals surface area contributed by atoms with Crippen molar-refractivity contribution in [1.29, 1.82) is 0 Å².